The fraction of sp³-hybridized carbons (Fsp3) is 0.421. The minimum Gasteiger partial charge on any atom is -0.376 e. The fourth-order valence-electron chi connectivity index (χ4n) is 2.89. The molecule has 1 aromatic heterocycles. The summed E-state index contributed by atoms with van der Waals surface area (Å²) >= 11 is 0. The van der Waals surface area contributed by atoms with E-state index in [0.29, 0.717) is 18.8 Å². The standard InChI is InChI=1S/C19H25N5O3/c1-14(18(25)20-10-15-6-3-2-4-7-15)22-19(26)23-16-11-21-24(12-16)13-17-8-5-9-27-17/h2-4,6-7,11-12,14,17H,5,8-10,13H2,1H3,(H,20,25)(H2,22,23,26). The summed E-state index contributed by atoms with van der Waals surface area (Å²) in [5.41, 5.74) is 1.57. The van der Waals surface area contributed by atoms with Crippen LogP contribution in [0.15, 0.2) is 42.7 Å². The van der Waals surface area contributed by atoms with Gasteiger partial charge < -0.3 is 20.7 Å². The van der Waals surface area contributed by atoms with Gasteiger partial charge in [0.1, 0.15) is 6.04 Å². The van der Waals surface area contributed by atoms with E-state index in [1.807, 2.05) is 30.3 Å². The lowest BCUT2D eigenvalue weighted by molar-refractivity contribution is -0.122. The van der Waals surface area contributed by atoms with Gasteiger partial charge in [-0.1, -0.05) is 30.3 Å². The van der Waals surface area contributed by atoms with Crippen molar-refractivity contribution in [3.05, 3.63) is 48.3 Å². The van der Waals surface area contributed by atoms with Gasteiger partial charge in [-0.2, -0.15) is 5.10 Å². The number of ether oxygens (including phenoxy) is 1. The largest absolute Gasteiger partial charge is 0.376 e. The van der Waals surface area contributed by atoms with Crippen molar-refractivity contribution in [3.63, 3.8) is 0 Å². The van der Waals surface area contributed by atoms with E-state index in [1.54, 1.807) is 24.0 Å². The van der Waals surface area contributed by atoms with Crippen LogP contribution >= 0.6 is 0 Å². The first kappa shape index (κ1) is 18.9. The van der Waals surface area contributed by atoms with Crippen LogP contribution in [0.5, 0.6) is 0 Å². The SMILES string of the molecule is CC(NC(=O)Nc1cnn(CC2CCCO2)c1)C(=O)NCc1ccccc1. The molecule has 2 unspecified atom stereocenters. The first-order valence-corrected chi connectivity index (χ1v) is 9.13. The van der Waals surface area contributed by atoms with E-state index in [0.717, 1.165) is 25.0 Å². The highest BCUT2D eigenvalue weighted by atomic mass is 16.5. The molecule has 3 amide bonds. The van der Waals surface area contributed by atoms with E-state index < -0.39 is 12.1 Å². The van der Waals surface area contributed by atoms with Crippen molar-refractivity contribution >= 4 is 17.6 Å². The summed E-state index contributed by atoms with van der Waals surface area (Å²) < 4.78 is 7.33. The summed E-state index contributed by atoms with van der Waals surface area (Å²) in [5.74, 6) is -0.247. The van der Waals surface area contributed by atoms with Gasteiger partial charge in [0.2, 0.25) is 5.91 Å². The Morgan fingerprint density at radius 2 is 2.15 bits per heavy atom. The molecular weight excluding hydrogens is 346 g/mol. The third-order valence-electron chi connectivity index (χ3n) is 4.36. The van der Waals surface area contributed by atoms with Gasteiger partial charge in [0, 0.05) is 19.3 Å². The van der Waals surface area contributed by atoms with E-state index in [2.05, 4.69) is 21.0 Å². The van der Waals surface area contributed by atoms with Gasteiger partial charge in [-0.25, -0.2) is 4.79 Å². The quantitative estimate of drug-likeness (QED) is 0.692. The number of carbonyl (C=O) groups excluding carboxylic acids is 2. The monoisotopic (exact) mass is 371 g/mol. The molecule has 1 aliphatic heterocycles. The molecule has 27 heavy (non-hydrogen) atoms. The highest BCUT2D eigenvalue weighted by Gasteiger charge is 2.18. The summed E-state index contributed by atoms with van der Waals surface area (Å²) in [6.07, 6.45) is 5.61. The zero-order valence-electron chi connectivity index (χ0n) is 15.4. The van der Waals surface area contributed by atoms with Crippen LogP contribution in [0.2, 0.25) is 0 Å². The van der Waals surface area contributed by atoms with E-state index in [4.69, 9.17) is 4.74 Å². The first-order valence-electron chi connectivity index (χ1n) is 9.13. The van der Waals surface area contributed by atoms with E-state index in [-0.39, 0.29) is 12.0 Å². The average Bonchev–Trinajstić information content (AvgIpc) is 3.33. The maximum Gasteiger partial charge on any atom is 0.319 e. The number of rotatable bonds is 7. The number of hydrogen-bond acceptors (Lipinski definition) is 4. The van der Waals surface area contributed by atoms with Gasteiger partial charge in [0.05, 0.1) is 24.5 Å². The van der Waals surface area contributed by atoms with Crippen LogP contribution in [-0.4, -0.2) is 40.5 Å². The molecule has 8 nitrogen and oxygen atoms in total. The predicted molar refractivity (Wildman–Crippen MR) is 101 cm³/mol. The second-order valence-electron chi connectivity index (χ2n) is 6.61. The van der Waals surface area contributed by atoms with Crippen molar-refractivity contribution in [1.82, 2.24) is 20.4 Å². The van der Waals surface area contributed by atoms with Gasteiger partial charge in [-0.05, 0) is 25.3 Å². The number of nitrogens with one attached hydrogen (secondary N) is 3. The number of hydrogen-bond donors (Lipinski definition) is 3. The molecule has 3 N–H and O–H groups in total. The molecule has 8 heteroatoms. The van der Waals surface area contributed by atoms with E-state index >= 15 is 0 Å². The molecule has 0 radical (unpaired) electrons. The Bertz CT molecular complexity index is 756. The van der Waals surface area contributed by atoms with Gasteiger partial charge >= 0.3 is 6.03 Å². The molecule has 1 aromatic carbocycles. The third-order valence-corrected chi connectivity index (χ3v) is 4.36. The fourth-order valence-corrected chi connectivity index (χ4v) is 2.89. The topological polar surface area (TPSA) is 97.3 Å². The lowest BCUT2D eigenvalue weighted by Gasteiger charge is -2.14. The summed E-state index contributed by atoms with van der Waals surface area (Å²) in [5, 5.41) is 12.3. The minimum atomic E-state index is -0.657. The van der Waals surface area contributed by atoms with Crippen molar-refractivity contribution in [3.8, 4) is 0 Å². The molecule has 0 aliphatic carbocycles. The molecule has 0 saturated carbocycles. The summed E-state index contributed by atoms with van der Waals surface area (Å²) in [7, 11) is 0. The van der Waals surface area contributed by atoms with Crippen molar-refractivity contribution < 1.29 is 14.3 Å². The van der Waals surface area contributed by atoms with Gasteiger partial charge in [0.15, 0.2) is 0 Å². The van der Waals surface area contributed by atoms with Gasteiger partial charge in [-0.3, -0.25) is 9.48 Å². The number of anilines is 1. The van der Waals surface area contributed by atoms with Crippen molar-refractivity contribution in [2.24, 2.45) is 0 Å². The Kier molecular flexibility index (Phi) is 6.43. The summed E-state index contributed by atoms with van der Waals surface area (Å²) in [6.45, 7) is 3.52. The lowest BCUT2D eigenvalue weighted by atomic mass is 10.2. The molecule has 2 atom stereocenters. The molecule has 1 aliphatic rings. The highest BCUT2D eigenvalue weighted by molar-refractivity contribution is 5.93. The maximum absolute atomic E-state index is 12.1. The molecule has 1 fully saturated rings. The number of urea groups is 1. The van der Waals surface area contributed by atoms with Crippen LogP contribution in [0.3, 0.4) is 0 Å². The Morgan fingerprint density at radius 1 is 1.33 bits per heavy atom. The Morgan fingerprint density at radius 3 is 2.89 bits per heavy atom. The molecule has 2 heterocycles. The number of amides is 3. The van der Waals surface area contributed by atoms with Crippen molar-refractivity contribution in [2.75, 3.05) is 11.9 Å². The van der Waals surface area contributed by atoms with Crippen LogP contribution in [0.4, 0.5) is 10.5 Å². The number of carbonyl (C=O) groups is 2. The molecule has 3 rings (SSSR count). The average molecular weight is 371 g/mol. The summed E-state index contributed by atoms with van der Waals surface area (Å²) in [6, 6.07) is 8.50. The van der Waals surface area contributed by atoms with Crippen LogP contribution in [0.1, 0.15) is 25.3 Å². The highest BCUT2D eigenvalue weighted by Crippen LogP contribution is 2.14. The minimum absolute atomic E-state index is 0.180. The van der Waals surface area contributed by atoms with Crippen LogP contribution < -0.4 is 16.0 Å². The zero-order chi connectivity index (χ0) is 19.1. The molecule has 0 spiro atoms. The second-order valence-corrected chi connectivity index (χ2v) is 6.61. The smallest absolute Gasteiger partial charge is 0.319 e. The molecule has 1 saturated heterocycles. The zero-order valence-corrected chi connectivity index (χ0v) is 15.4. The van der Waals surface area contributed by atoms with Crippen molar-refractivity contribution in [2.45, 2.75) is 45.0 Å². The molecular formula is C19H25N5O3. The second kappa shape index (κ2) is 9.18. The van der Waals surface area contributed by atoms with Gasteiger partial charge in [0.25, 0.3) is 0 Å². The van der Waals surface area contributed by atoms with Crippen molar-refractivity contribution in [1.29, 1.82) is 0 Å². The number of nitrogens with zero attached hydrogens (tertiary/aromatic N) is 2. The number of benzene rings is 1. The predicted octanol–water partition coefficient (Wildman–Crippen LogP) is 1.89. The maximum atomic E-state index is 12.1. The van der Waals surface area contributed by atoms with E-state index in [1.165, 1.54) is 0 Å². The molecule has 0 bridgehead atoms. The Hall–Kier alpha value is -2.87. The summed E-state index contributed by atoms with van der Waals surface area (Å²) in [4.78, 5) is 24.2. The lowest BCUT2D eigenvalue weighted by Crippen LogP contribution is -2.46. The number of aromatic nitrogens is 2. The first-order chi connectivity index (χ1) is 13.1. The Labute approximate surface area is 158 Å². The third kappa shape index (κ3) is 5.82. The molecule has 2 aromatic rings. The molecule has 144 valence electrons. The van der Waals surface area contributed by atoms with Crippen LogP contribution in [0, 0.1) is 0 Å². The van der Waals surface area contributed by atoms with E-state index in [9.17, 15) is 9.59 Å². The Balaban J connectivity index is 1.41. The normalized spacial score (nSPS) is 17.3. The van der Waals surface area contributed by atoms with Crippen LogP contribution in [0.25, 0.3) is 0 Å². The van der Waals surface area contributed by atoms with Gasteiger partial charge in [-0.15, -0.1) is 0 Å². The van der Waals surface area contributed by atoms with Crippen LogP contribution in [-0.2, 0) is 22.6 Å².